The van der Waals surface area contributed by atoms with Gasteiger partial charge in [0.1, 0.15) is 0 Å². The van der Waals surface area contributed by atoms with Crippen LogP contribution < -0.4 is 10.2 Å². The molecule has 1 unspecified atom stereocenters. The number of hydrogen-bond acceptors (Lipinski definition) is 3. The van der Waals surface area contributed by atoms with E-state index >= 15 is 0 Å². The Morgan fingerprint density at radius 2 is 2.09 bits per heavy atom. The zero-order chi connectivity index (χ0) is 16.1. The summed E-state index contributed by atoms with van der Waals surface area (Å²) >= 11 is 0. The molecule has 5 heteroatoms. The first-order valence-electron chi connectivity index (χ1n) is 8.08. The molecule has 0 spiro atoms. The van der Waals surface area contributed by atoms with Crippen LogP contribution in [0.5, 0.6) is 0 Å². The molecule has 0 bridgehead atoms. The van der Waals surface area contributed by atoms with Crippen molar-refractivity contribution >= 4 is 17.4 Å². The normalized spacial score (nSPS) is 17.9. The molecule has 2 rings (SSSR count). The van der Waals surface area contributed by atoms with Gasteiger partial charge < -0.3 is 20.2 Å². The minimum atomic E-state index is -0.0834. The van der Waals surface area contributed by atoms with E-state index in [4.69, 9.17) is 5.11 Å². The number of nitrogens with zero attached hydrogens (tertiary/aromatic N) is 2. The monoisotopic (exact) mass is 305 g/mol. The first kappa shape index (κ1) is 16.6. The number of nitrogens with one attached hydrogen (secondary N) is 1. The largest absolute Gasteiger partial charge is 0.396 e. The number of aliphatic hydroxyl groups is 1. The van der Waals surface area contributed by atoms with Crippen molar-refractivity contribution in [2.45, 2.75) is 33.2 Å². The van der Waals surface area contributed by atoms with Crippen molar-refractivity contribution in [3.8, 4) is 0 Å². The lowest BCUT2D eigenvalue weighted by molar-refractivity contribution is 0.209. The van der Waals surface area contributed by atoms with Crippen molar-refractivity contribution in [1.82, 2.24) is 4.90 Å². The second kappa shape index (κ2) is 7.49. The Bertz CT molecular complexity index is 487. The van der Waals surface area contributed by atoms with Crippen LogP contribution >= 0.6 is 0 Å². The molecule has 22 heavy (non-hydrogen) atoms. The molecule has 2 N–H and O–H groups in total. The fraction of sp³-hybridized carbons (Fsp3) is 0.588. The van der Waals surface area contributed by atoms with E-state index in [0.717, 1.165) is 24.3 Å². The summed E-state index contributed by atoms with van der Waals surface area (Å²) in [5.41, 5.74) is 1.97. The van der Waals surface area contributed by atoms with Gasteiger partial charge in [-0.2, -0.15) is 0 Å². The smallest absolute Gasteiger partial charge is 0.321 e. The second-order valence-electron chi connectivity index (χ2n) is 6.14. The molecule has 1 aromatic carbocycles. The van der Waals surface area contributed by atoms with E-state index in [9.17, 15) is 4.79 Å². The molecule has 0 saturated carbocycles. The Morgan fingerprint density at radius 3 is 2.59 bits per heavy atom. The van der Waals surface area contributed by atoms with Gasteiger partial charge in [-0.15, -0.1) is 0 Å². The lowest BCUT2D eigenvalue weighted by Gasteiger charge is -2.27. The van der Waals surface area contributed by atoms with Gasteiger partial charge in [-0.1, -0.05) is 0 Å². The predicted octanol–water partition coefficient (Wildman–Crippen LogP) is 2.77. The highest BCUT2D eigenvalue weighted by Gasteiger charge is 2.25. The number of aliphatic hydroxyl groups excluding tert-OH is 1. The minimum Gasteiger partial charge on any atom is -0.396 e. The van der Waals surface area contributed by atoms with Crippen molar-refractivity contribution in [2.24, 2.45) is 5.92 Å². The molecule has 0 aromatic heterocycles. The third-order valence-electron chi connectivity index (χ3n) is 4.25. The third-order valence-corrected chi connectivity index (χ3v) is 4.25. The number of urea groups is 1. The van der Waals surface area contributed by atoms with E-state index in [-0.39, 0.29) is 18.6 Å². The van der Waals surface area contributed by atoms with E-state index in [1.165, 1.54) is 0 Å². The van der Waals surface area contributed by atoms with E-state index < -0.39 is 0 Å². The van der Waals surface area contributed by atoms with Gasteiger partial charge in [0.2, 0.25) is 0 Å². The molecule has 5 nitrogen and oxygen atoms in total. The fourth-order valence-corrected chi connectivity index (χ4v) is 2.95. The van der Waals surface area contributed by atoms with Crippen molar-refractivity contribution < 1.29 is 9.90 Å². The molecular formula is C17H27N3O2. The van der Waals surface area contributed by atoms with Crippen LogP contribution in [-0.4, -0.2) is 48.3 Å². The van der Waals surface area contributed by atoms with Crippen molar-refractivity contribution in [2.75, 3.05) is 36.5 Å². The number of anilines is 2. The summed E-state index contributed by atoms with van der Waals surface area (Å²) < 4.78 is 0. The van der Waals surface area contributed by atoms with Gasteiger partial charge in [0.05, 0.1) is 0 Å². The van der Waals surface area contributed by atoms with Crippen LogP contribution in [0.4, 0.5) is 16.2 Å². The lowest BCUT2D eigenvalue weighted by atomic mass is 10.1. The van der Waals surface area contributed by atoms with Crippen LogP contribution in [0.3, 0.4) is 0 Å². The van der Waals surface area contributed by atoms with E-state index in [0.29, 0.717) is 19.1 Å². The molecule has 1 aliphatic rings. The summed E-state index contributed by atoms with van der Waals surface area (Å²) in [6.07, 6.45) is 0.878. The summed E-state index contributed by atoms with van der Waals surface area (Å²) in [5, 5.41) is 12.1. The Balaban J connectivity index is 1.95. The average molecular weight is 305 g/mol. The van der Waals surface area contributed by atoms with Crippen LogP contribution in [0.15, 0.2) is 24.3 Å². The van der Waals surface area contributed by atoms with Crippen LogP contribution in [0.2, 0.25) is 0 Å². The first-order valence-corrected chi connectivity index (χ1v) is 8.08. The predicted molar refractivity (Wildman–Crippen MR) is 90.4 cm³/mol. The Kier molecular flexibility index (Phi) is 5.66. The molecule has 0 radical (unpaired) electrons. The summed E-state index contributed by atoms with van der Waals surface area (Å²) in [6.45, 7) is 8.94. The SMILES string of the molecule is CCN(c1ccc(NC(=O)N2CCC(CO)C2)cc1)C(C)C. The highest BCUT2D eigenvalue weighted by atomic mass is 16.3. The highest BCUT2D eigenvalue weighted by molar-refractivity contribution is 5.89. The number of likely N-dealkylation sites (tertiary alicyclic amines) is 1. The molecule has 1 heterocycles. The zero-order valence-electron chi connectivity index (χ0n) is 13.7. The van der Waals surface area contributed by atoms with E-state index in [1.807, 2.05) is 24.3 Å². The first-order chi connectivity index (χ1) is 10.5. The second-order valence-corrected chi connectivity index (χ2v) is 6.14. The fourth-order valence-electron chi connectivity index (χ4n) is 2.95. The lowest BCUT2D eigenvalue weighted by Crippen LogP contribution is -2.33. The third kappa shape index (κ3) is 3.91. The molecular weight excluding hydrogens is 278 g/mol. The van der Waals surface area contributed by atoms with Gasteiger partial charge in [0.15, 0.2) is 0 Å². The number of carbonyl (C=O) groups excluding carboxylic acids is 1. The Morgan fingerprint density at radius 1 is 1.41 bits per heavy atom. The van der Waals surface area contributed by atoms with E-state index in [2.05, 4.69) is 31.0 Å². The summed E-state index contributed by atoms with van der Waals surface area (Å²) in [4.78, 5) is 16.3. The number of carbonyl (C=O) groups is 1. The summed E-state index contributed by atoms with van der Waals surface area (Å²) in [6, 6.07) is 8.33. The van der Waals surface area contributed by atoms with Gasteiger partial charge >= 0.3 is 6.03 Å². The maximum Gasteiger partial charge on any atom is 0.321 e. The molecule has 1 aliphatic heterocycles. The van der Waals surface area contributed by atoms with Crippen LogP contribution in [-0.2, 0) is 0 Å². The maximum absolute atomic E-state index is 12.2. The number of hydrogen-bond donors (Lipinski definition) is 2. The standard InChI is InChI=1S/C17H27N3O2/c1-4-20(13(2)3)16-7-5-15(6-8-16)18-17(22)19-10-9-14(11-19)12-21/h5-8,13-14,21H,4,9-12H2,1-3H3,(H,18,22). The van der Waals surface area contributed by atoms with Gasteiger partial charge in [-0.05, 0) is 51.5 Å². The average Bonchev–Trinajstić information content (AvgIpc) is 2.98. The highest BCUT2D eigenvalue weighted by Crippen LogP contribution is 2.21. The van der Waals surface area contributed by atoms with Gasteiger partial charge in [-0.3, -0.25) is 0 Å². The molecule has 1 fully saturated rings. The Hall–Kier alpha value is -1.75. The van der Waals surface area contributed by atoms with E-state index in [1.54, 1.807) is 4.90 Å². The number of rotatable bonds is 5. The van der Waals surface area contributed by atoms with Crippen molar-refractivity contribution in [3.05, 3.63) is 24.3 Å². The van der Waals surface area contributed by atoms with Crippen LogP contribution in [0, 0.1) is 5.92 Å². The topological polar surface area (TPSA) is 55.8 Å². The van der Waals surface area contributed by atoms with Gasteiger partial charge in [0.25, 0.3) is 0 Å². The quantitative estimate of drug-likeness (QED) is 0.879. The number of benzene rings is 1. The molecule has 0 aliphatic carbocycles. The zero-order valence-corrected chi connectivity index (χ0v) is 13.7. The van der Waals surface area contributed by atoms with Crippen LogP contribution in [0.25, 0.3) is 0 Å². The maximum atomic E-state index is 12.2. The molecule has 1 aromatic rings. The van der Waals surface area contributed by atoms with Crippen molar-refractivity contribution in [3.63, 3.8) is 0 Å². The van der Waals surface area contributed by atoms with Crippen molar-refractivity contribution in [1.29, 1.82) is 0 Å². The molecule has 2 amide bonds. The molecule has 1 atom stereocenters. The molecule has 1 saturated heterocycles. The summed E-state index contributed by atoms with van der Waals surface area (Å²) in [7, 11) is 0. The Labute approximate surface area is 132 Å². The minimum absolute atomic E-state index is 0.0834. The van der Waals surface area contributed by atoms with Crippen LogP contribution in [0.1, 0.15) is 27.2 Å². The van der Waals surface area contributed by atoms with Gasteiger partial charge in [0, 0.05) is 49.6 Å². The number of amides is 2. The molecule has 122 valence electrons. The van der Waals surface area contributed by atoms with Gasteiger partial charge in [-0.25, -0.2) is 4.79 Å². The summed E-state index contributed by atoms with van der Waals surface area (Å²) in [5.74, 6) is 0.220.